The smallest absolute Gasteiger partial charge is 0.249 e. The van der Waals surface area contributed by atoms with E-state index in [0.717, 1.165) is 44.2 Å². The van der Waals surface area contributed by atoms with Gasteiger partial charge in [-0.3, -0.25) is 4.79 Å². The molecule has 0 saturated carbocycles. The largest absolute Gasteiger partial charge is 0.489 e. The number of carbonyl (C=O) groups excluding carboxylic acids is 1. The molecule has 0 radical (unpaired) electrons. The van der Waals surface area contributed by atoms with Gasteiger partial charge in [-0.15, -0.1) is 0 Å². The molecule has 0 aliphatic rings. The van der Waals surface area contributed by atoms with Gasteiger partial charge in [-0.05, 0) is 47.0 Å². The molecule has 0 atom stereocenters. The molecule has 0 bridgehead atoms. The van der Waals surface area contributed by atoms with Gasteiger partial charge in [0.2, 0.25) is 5.91 Å². The minimum Gasteiger partial charge on any atom is -0.489 e. The average Bonchev–Trinajstić information content (AvgIpc) is 3.16. The lowest BCUT2D eigenvalue weighted by atomic mass is 10.0. The van der Waals surface area contributed by atoms with Crippen LogP contribution in [-0.4, -0.2) is 15.6 Å². The van der Waals surface area contributed by atoms with Crippen LogP contribution >= 0.6 is 0 Å². The molecule has 0 aliphatic carbocycles. The van der Waals surface area contributed by atoms with Crippen molar-refractivity contribution in [3.63, 3.8) is 0 Å². The predicted octanol–water partition coefficient (Wildman–Crippen LogP) is 5.01. The van der Waals surface area contributed by atoms with Crippen molar-refractivity contribution < 1.29 is 14.6 Å². The Kier molecular flexibility index (Phi) is 5.55. The molecule has 5 nitrogen and oxygen atoms in total. The summed E-state index contributed by atoms with van der Waals surface area (Å²) in [6, 6.07) is 29.5. The van der Waals surface area contributed by atoms with Crippen LogP contribution in [0.2, 0.25) is 0 Å². The molecule has 0 aliphatic heterocycles. The van der Waals surface area contributed by atoms with Gasteiger partial charge in [0.25, 0.3) is 0 Å². The van der Waals surface area contributed by atoms with E-state index in [1.807, 2.05) is 78.9 Å². The van der Waals surface area contributed by atoms with E-state index in [9.17, 15) is 9.90 Å². The predicted molar refractivity (Wildman–Crippen MR) is 130 cm³/mol. The van der Waals surface area contributed by atoms with E-state index in [-0.39, 0.29) is 6.61 Å². The number of hydrogen-bond donors (Lipinski definition) is 2. The lowest BCUT2D eigenvalue weighted by Crippen LogP contribution is -2.11. The number of nitrogens with two attached hydrogens (primary N) is 1. The number of carbonyl (C=O) groups is 1. The van der Waals surface area contributed by atoms with E-state index in [1.165, 1.54) is 0 Å². The van der Waals surface area contributed by atoms with Gasteiger partial charge in [-0.25, -0.2) is 0 Å². The SMILES string of the molecule is NC(=O)c1cccc2c1c1ccc(CO)cc1n2Cc1cccc(OCc2ccccc2)c1. The molecular formula is C28H24N2O3. The van der Waals surface area contributed by atoms with E-state index in [0.29, 0.717) is 18.7 Å². The van der Waals surface area contributed by atoms with Gasteiger partial charge >= 0.3 is 0 Å². The van der Waals surface area contributed by atoms with Crippen molar-refractivity contribution in [2.45, 2.75) is 19.8 Å². The standard InChI is InChI=1S/C28H24N2O3/c29-28(32)24-10-5-11-25-27(24)23-13-12-21(17-31)15-26(23)30(25)16-20-8-4-9-22(14-20)33-18-19-6-2-1-3-7-19/h1-15,31H,16-18H2,(H2,29,32). The molecule has 0 saturated heterocycles. The summed E-state index contributed by atoms with van der Waals surface area (Å²) >= 11 is 0. The van der Waals surface area contributed by atoms with Gasteiger partial charge in [0.05, 0.1) is 12.1 Å². The third-order valence-electron chi connectivity index (χ3n) is 5.89. The Balaban J connectivity index is 1.56. The van der Waals surface area contributed by atoms with Crippen molar-refractivity contribution in [1.29, 1.82) is 0 Å². The number of ether oxygens (including phenoxy) is 1. The highest BCUT2D eigenvalue weighted by Gasteiger charge is 2.17. The molecule has 1 heterocycles. The first kappa shape index (κ1) is 20.8. The topological polar surface area (TPSA) is 77.5 Å². The van der Waals surface area contributed by atoms with Gasteiger partial charge in [0.15, 0.2) is 0 Å². The number of aliphatic hydroxyl groups excluding tert-OH is 1. The monoisotopic (exact) mass is 436 g/mol. The fourth-order valence-corrected chi connectivity index (χ4v) is 4.32. The summed E-state index contributed by atoms with van der Waals surface area (Å²) < 4.78 is 8.17. The molecule has 4 aromatic carbocycles. The quantitative estimate of drug-likeness (QED) is 0.376. The zero-order valence-electron chi connectivity index (χ0n) is 18.1. The maximum absolute atomic E-state index is 12.1. The number of aromatic nitrogens is 1. The van der Waals surface area contributed by atoms with Crippen molar-refractivity contribution in [2.75, 3.05) is 0 Å². The lowest BCUT2D eigenvalue weighted by Gasteiger charge is -2.11. The zero-order chi connectivity index (χ0) is 22.8. The highest BCUT2D eigenvalue weighted by molar-refractivity contribution is 6.18. The first-order valence-electron chi connectivity index (χ1n) is 10.8. The van der Waals surface area contributed by atoms with Crippen LogP contribution in [0.5, 0.6) is 5.75 Å². The maximum atomic E-state index is 12.1. The summed E-state index contributed by atoms with van der Waals surface area (Å²) in [4.78, 5) is 12.1. The Morgan fingerprint density at radius 3 is 2.39 bits per heavy atom. The molecule has 0 spiro atoms. The van der Waals surface area contributed by atoms with E-state index >= 15 is 0 Å². The number of primary amides is 1. The third-order valence-corrected chi connectivity index (χ3v) is 5.89. The molecule has 1 amide bonds. The molecule has 33 heavy (non-hydrogen) atoms. The highest BCUT2D eigenvalue weighted by atomic mass is 16.5. The summed E-state index contributed by atoms with van der Waals surface area (Å²) in [5, 5.41) is 11.5. The van der Waals surface area contributed by atoms with E-state index in [1.54, 1.807) is 6.07 Å². The number of hydrogen-bond acceptors (Lipinski definition) is 3. The third kappa shape index (κ3) is 4.06. The Bertz CT molecular complexity index is 1450. The molecule has 0 unspecified atom stereocenters. The minimum atomic E-state index is -0.456. The molecule has 5 aromatic rings. The Labute approximate surface area is 191 Å². The van der Waals surface area contributed by atoms with Gasteiger partial charge in [-0.1, -0.05) is 60.7 Å². The Hall–Kier alpha value is -4.09. The average molecular weight is 437 g/mol. The van der Waals surface area contributed by atoms with Gasteiger partial charge in [-0.2, -0.15) is 0 Å². The van der Waals surface area contributed by atoms with E-state index < -0.39 is 5.91 Å². The van der Waals surface area contributed by atoms with Crippen LogP contribution in [0.1, 0.15) is 27.0 Å². The summed E-state index contributed by atoms with van der Waals surface area (Å²) in [5.74, 6) is 0.341. The number of nitrogens with zero attached hydrogens (tertiary/aromatic N) is 1. The number of aliphatic hydroxyl groups is 1. The normalized spacial score (nSPS) is 11.2. The molecular weight excluding hydrogens is 412 g/mol. The van der Waals surface area contributed by atoms with Crippen LogP contribution in [0.15, 0.2) is 91.0 Å². The van der Waals surface area contributed by atoms with Crippen LogP contribution in [0.4, 0.5) is 0 Å². The molecule has 3 N–H and O–H groups in total. The van der Waals surface area contributed by atoms with E-state index in [2.05, 4.69) is 10.6 Å². The number of amides is 1. The number of benzene rings is 4. The molecule has 5 rings (SSSR count). The molecule has 164 valence electrons. The summed E-state index contributed by atoms with van der Waals surface area (Å²) in [6.07, 6.45) is 0. The van der Waals surface area contributed by atoms with Gasteiger partial charge in [0, 0.05) is 28.4 Å². The fraction of sp³-hybridized carbons (Fsp3) is 0.107. The fourth-order valence-electron chi connectivity index (χ4n) is 4.32. The van der Waals surface area contributed by atoms with Crippen LogP contribution in [0.25, 0.3) is 21.8 Å². The number of rotatable bonds is 7. The van der Waals surface area contributed by atoms with Crippen molar-refractivity contribution >= 4 is 27.7 Å². The minimum absolute atomic E-state index is 0.0526. The zero-order valence-corrected chi connectivity index (χ0v) is 18.1. The summed E-state index contributed by atoms with van der Waals surface area (Å²) in [6.45, 7) is 1.03. The van der Waals surface area contributed by atoms with Gasteiger partial charge < -0.3 is 20.1 Å². The van der Waals surface area contributed by atoms with Crippen LogP contribution < -0.4 is 10.5 Å². The molecule has 0 fully saturated rings. The second-order valence-corrected chi connectivity index (χ2v) is 8.08. The summed E-state index contributed by atoms with van der Waals surface area (Å²) in [5.41, 5.74) is 11.0. The second kappa shape index (κ2) is 8.81. The van der Waals surface area contributed by atoms with E-state index in [4.69, 9.17) is 10.5 Å². The highest BCUT2D eigenvalue weighted by Crippen LogP contribution is 2.33. The van der Waals surface area contributed by atoms with Crippen LogP contribution in [-0.2, 0) is 19.8 Å². The van der Waals surface area contributed by atoms with Crippen molar-refractivity contribution in [2.24, 2.45) is 5.73 Å². The van der Waals surface area contributed by atoms with Crippen molar-refractivity contribution in [3.8, 4) is 5.75 Å². The summed E-state index contributed by atoms with van der Waals surface area (Å²) in [7, 11) is 0. The van der Waals surface area contributed by atoms with Crippen LogP contribution in [0, 0.1) is 0 Å². The first-order chi connectivity index (χ1) is 16.1. The Morgan fingerprint density at radius 2 is 1.61 bits per heavy atom. The van der Waals surface area contributed by atoms with Crippen molar-refractivity contribution in [1.82, 2.24) is 4.57 Å². The molecule has 1 aromatic heterocycles. The van der Waals surface area contributed by atoms with Crippen LogP contribution in [0.3, 0.4) is 0 Å². The van der Waals surface area contributed by atoms with Crippen molar-refractivity contribution in [3.05, 3.63) is 113 Å². The second-order valence-electron chi connectivity index (χ2n) is 8.08. The molecule has 5 heteroatoms. The maximum Gasteiger partial charge on any atom is 0.249 e. The lowest BCUT2D eigenvalue weighted by molar-refractivity contribution is 0.100. The number of fused-ring (bicyclic) bond motifs is 3. The van der Waals surface area contributed by atoms with Gasteiger partial charge in [0.1, 0.15) is 12.4 Å². The first-order valence-corrected chi connectivity index (χ1v) is 10.8. The Morgan fingerprint density at radius 1 is 0.818 bits per heavy atom.